The fraction of sp³-hybridized carbons (Fsp3) is 0.500. The Labute approximate surface area is 107 Å². The maximum absolute atomic E-state index is 10.9. The van der Waals surface area contributed by atoms with E-state index >= 15 is 0 Å². The van der Waals surface area contributed by atoms with Crippen molar-refractivity contribution in [3.8, 4) is 0 Å². The third-order valence-electron chi connectivity index (χ3n) is 3.49. The minimum absolute atomic E-state index is 0.0539. The fourth-order valence-corrected chi connectivity index (χ4v) is 2.53. The van der Waals surface area contributed by atoms with Crippen LogP contribution in [0.2, 0.25) is 0 Å². The van der Waals surface area contributed by atoms with Crippen molar-refractivity contribution in [1.29, 1.82) is 0 Å². The molecule has 2 rings (SSSR count). The molecule has 4 heteroatoms. The summed E-state index contributed by atoms with van der Waals surface area (Å²) in [4.78, 5) is 12.9. The van der Waals surface area contributed by atoms with Crippen LogP contribution in [-0.2, 0) is 9.53 Å². The van der Waals surface area contributed by atoms with Gasteiger partial charge in [0, 0.05) is 12.1 Å². The first kappa shape index (κ1) is 13.1. The fourth-order valence-electron chi connectivity index (χ4n) is 2.53. The van der Waals surface area contributed by atoms with E-state index in [9.17, 15) is 4.79 Å². The van der Waals surface area contributed by atoms with Crippen LogP contribution in [0.3, 0.4) is 0 Å². The number of carboxylic acids is 1. The van der Waals surface area contributed by atoms with E-state index < -0.39 is 5.97 Å². The number of rotatable bonds is 3. The molecule has 0 unspecified atom stereocenters. The number of carboxylic acid groups (broad SMARTS) is 1. The summed E-state index contributed by atoms with van der Waals surface area (Å²) in [5.41, 5.74) is 1.10. The number of hydrogen-bond donors (Lipinski definition) is 1. The van der Waals surface area contributed by atoms with Crippen LogP contribution >= 0.6 is 0 Å². The lowest BCUT2D eigenvalue weighted by molar-refractivity contribution is -0.146. The number of aliphatic carboxylic acids is 1. The molecule has 98 valence electrons. The molecule has 1 aromatic rings. The second-order valence-corrected chi connectivity index (χ2v) is 4.82. The monoisotopic (exact) mass is 249 g/mol. The molecule has 0 aromatic heterocycles. The van der Waals surface area contributed by atoms with Crippen LogP contribution < -0.4 is 0 Å². The summed E-state index contributed by atoms with van der Waals surface area (Å²) in [7, 11) is 0. The molecule has 1 aliphatic heterocycles. The number of ether oxygens (including phenoxy) is 1. The van der Waals surface area contributed by atoms with Gasteiger partial charge in [-0.1, -0.05) is 30.3 Å². The molecule has 1 saturated heterocycles. The summed E-state index contributed by atoms with van der Waals surface area (Å²) in [6.07, 6.45) is -0.0539. The van der Waals surface area contributed by atoms with Gasteiger partial charge in [0.15, 0.2) is 0 Å². The zero-order valence-electron chi connectivity index (χ0n) is 10.7. The highest BCUT2D eigenvalue weighted by Crippen LogP contribution is 2.30. The molecular formula is C14H19NO3. The van der Waals surface area contributed by atoms with Crippen LogP contribution in [0.4, 0.5) is 0 Å². The van der Waals surface area contributed by atoms with Crippen molar-refractivity contribution in [2.75, 3.05) is 13.2 Å². The number of benzene rings is 1. The second kappa shape index (κ2) is 5.50. The lowest BCUT2D eigenvalue weighted by atomic mass is 9.98. The van der Waals surface area contributed by atoms with Crippen molar-refractivity contribution in [2.24, 2.45) is 0 Å². The van der Waals surface area contributed by atoms with Crippen LogP contribution in [-0.4, -0.2) is 41.2 Å². The Bertz CT molecular complexity index is 407. The second-order valence-electron chi connectivity index (χ2n) is 4.82. The lowest BCUT2D eigenvalue weighted by Crippen LogP contribution is -2.52. The van der Waals surface area contributed by atoms with Crippen LogP contribution in [0.5, 0.6) is 0 Å². The molecule has 1 aromatic carbocycles. The molecule has 4 nitrogen and oxygen atoms in total. The molecule has 0 amide bonds. The zero-order valence-corrected chi connectivity index (χ0v) is 10.7. The highest BCUT2D eigenvalue weighted by molar-refractivity contribution is 5.69. The van der Waals surface area contributed by atoms with Gasteiger partial charge in [0.25, 0.3) is 0 Å². The Balaban J connectivity index is 2.17. The standard InChI is InChI=1S/C14H19NO3/c1-10-9-18-14(12-6-4-3-5-7-12)11(2)15(10)8-13(16)17/h3-7,10-11,14H,8-9H2,1-2H3,(H,16,17)/t10-,11-,14+/m1/s1. The maximum atomic E-state index is 10.9. The van der Waals surface area contributed by atoms with Gasteiger partial charge in [-0.3, -0.25) is 9.69 Å². The highest BCUT2D eigenvalue weighted by Gasteiger charge is 2.34. The Kier molecular flexibility index (Phi) is 3.99. The van der Waals surface area contributed by atoms with Gasteiger partial charge in [-0.15, -0.1) is 0 Å². The van der Waals surface area contributed by atoms with Crippen LogP contribution in [0, 0.1) is 0 Å². The third kappa shape index (κ3) is 2.71. The number of nitrogens with zero attached hydrogens (tertiary/aromatic N) is 1. The van der Waals surface area contributed by atoms with Gasteiger partial charge in [0.2, 0.25) is 0 Å². The highest BCUT2D eigenvalue weighted by atomic mass is 16.5. The summed E-state index contributed by atoms with van der Waals surface area (Å²) >= 11 is 0. The number of hydrogen-bond acceptors (Lipinski definition) is 3. The minimum atomic E-state index is -0.789. The first-order chi connectivity index (χ1) is 8.59. The van der Waals surface area contributed by atoms with Crippen molar-refractivity contribution in [3.05, 3.63) is 35.9 Å². The summed E-state index contributed by atoms with van der Waals surface area (Å²) in [5.74, 6) is -0.789. The van der Waals surface area contributed by atoms with E-state index in [1.165, 1.54) is 0 Å². The van der Waals surface area contributed by atoms with Crippen molar-refractivity contribution >= 4 is 5.97 Å². The summed E-state index contributed by atoms with van der Waals surface area (Å²) in [6.45, 7) is 4.66. The molecule has 0 bridgehead atoms. The smallest absolute Gasteiger partial charge is 0.317 e. The molecule has 1 aliphatic rings. The molecule has 3 atom stereocenters. The van der Waals surface area contributed by atoms with Gasteiger partial charge >= 0.3 is 5.97 Å². The van der Waals surface area contributed by atoms with E-state index in [1.54, 1.807) is 0 Å². The molecule has 1 N–H and O–H groups in total. The van der Waals surface area contributed by atoms with Crippen LogP contribution in [0.25, 0.3) is 0 Å². The molecular weight excluding hydrogens is 230 g/mol. The summed E-state index contributed by atoms with van der Waals surface area (Å²) < 4.78 is 5.87. The molecule has 1 heterocycles. The predicted octanol–water partition coefficient (Wildman–Crippen LogP) is 1.92. The van der Waals surface area contributed by atoms with Crippen LogP contribution in [0.1, 0.15) is 25.5 Å². The zero-order chi connectivity index (χ0) is 13.1. The Hall–Kier alpha value is -1.39. The molecule has 0 radical (unpaired) electrons. The summed E-state index contributed by atoms with van der Waals surface area (Å²) in [6, 6.07) is 10.2. The van der Waals surface area contributed by atoms with Gasteiger partial charge in [0.05, 0.1) is 19.3 Å². The quantitative estimate of drug-likeness (QED) is 0.889. The van der Waals surface area contributed by atoms with Gasteiger partial charge in [-0.2, -0.15) is 0 Å². The SMILES string of the molecule is C[C@@H]1CO[C@H](c2ccccc2)[C@@H](C)N1CC(=O)O. The first-order valence-electron chi connectivity index (χ1n) is 6.23. The van der Waals surface area contributed by atoms with E-state index in [-0.39, 0.29) is 24.7 Å². The van der Waals surface area contributed by atoms with Crippen molar-refractivity contribution in [2.45, 2.75) is 32.0 Å². The van der Waals surface area contributed by atoms with Crippen LogP contribution in [0.15, 0.2) is 30.3 Å². The van der Waals surface area contributed by atoms with Crippen molar-refractivity contribution in [3.63, 3.8) is 0 Å². The largest absolute Gasteiger partial charge is 0.480 e. The van der Waals surface area contributed by atoms with Crippen molar-refractivity contribution in [1.82, 2.24) is 4.90 Å². The topological polar surface area (TPSA) is 49.8 Å². The predicted molar refractivity (Wildman–Crippen MR) is 68.4 cm³/mol. The molecule has 1 fully saturated rings. The van der Waals surface area contributed by atoms with E-state index in [4.69, 9.17) is 9.84 Å². The third-order valence-corrected chi connectivity index (χ3v) is 3.49. The van der Waals surface area contributed by atoms with E-state index in [0.29, 0.717) is 6.61 Å². The van der Waals surface area contributed by atoms with Gasteiger partial charge in [0.1, 0.15) is 0 Å². The first-order valence-corrected chi connectivity index (χ1v) is 6.23. The average molecular weight is 249 g/mol. The molecule has 0 spiro atoms. The Morgan fingerprint density at radius 1 is 1.39 bits per heavy atom. The van der Waals surface area contributed by atoms with Crippen molar-refractivity contribution < 1.29 is 14.6 Å². The van der Waals surface area contributed by atoms with E-state index in [1.807, 2.05) is 49.1 Å². The lowest BCUT2D eigenvalue weighted by Gasteiger charge is -2.43. The number of carbonyl (C=O) groups is 1. The molecule has 0 saturated carbocycles. The number of morpholine rings is 1. The Morgan fingerprint density at radius 3 is 2.67 bits per heavy atom. The Morgan fingerprint density at radius 2 is 2.06 bits per heavy atom. The maximum Gasteiger partial charge on any atom is 0.317 e. The minimum Gasteiger partial charge on any atom is -0.480 e. The average Bonchev–Trinajstić information content (AvgIpc) is 2.35. The van der Waals surface area contributed by atoms with E-state index in [2.05, 4.69) is 0 Å². The van der Waals surface area contributed by atoms with Gasteiger partial charge < -0.3 is 9.84 Å². The molecule has 18 heavy (non-hydrogen) atoms. The molecule has 0 aliphatic carbocycles. The van der Waals surface area contributed by atoms with Gasteiger partial charge in [-0.05, 0) is 19.4 Å². The summed E-state index contributed by atoms with van der Waals surface area (Å²) in [5, 5.41) is 8.98. The van der Waals surface area contributed by atoms with E-state index in [0.717, 1.165) is 5.56 Å². The normalized spacial score (nSPS) is 29.1. The van der Waals surface area contributed by atoms with Gasteiger partial charge in [-0.25, -0.2) is 0 Å².